The molecule has 0 aliphatic carbocycles. The molecule has 2 fully saturated rings. The molecule has 1 aromatic rings. The monoisotopic (exact) mass is 309 g/mol. The van der Waals surface area contributed by atoms with Crippen LogP contribution in [0.2, 0.25) is 0 Å². The summed E-state index contributed by atoms with van der Waals surface area (Å²) in [6.07, 6.45) is 2.02. The van der Waals surface area contributed by atoms with Crippen LogP contribution in [-0.4, -0.2) is 26.2 Å². The van der Waals surface area contributed by atoms with Crippen LogP contribution in [0.3, 0.4) is 0 Å². The van der Waals surface area contributed by atoms with Crippen LogP contribution in [0, 0.1) is 12.3 Å². The molecule has 3 unspecified atom stereocenters. The summed E-state index contributed by atoms with van der Waals surface area (Å²) >= 11 is 0. The normalized spacial score (nSPS) is 34.3. The van der Waals surface area contributed by atoms with Crippen LogP contribution in [0.5, 0.6) is 0 Å². The van der Waals surface area contributed by atoms with E-state index in [4.69, 9.17) is 4.74 Å². The summed E-state index contributed by atoms with van der Waals surface area (Å²) in [7, 11) is -3.54. The first-order chi connectivity index (χ1) is 9.67. The van der Waals surface area contributed by atoms with Crippen molar-refractivity contribution in [2.45, 2.75) is 63.2 Å². The second kappa shape index (κ2) is 4.54. The maximum absolute atomic E-state index is 12.7. The third-order valence-corrected chi connectivity index (χ3v) is 7.07. The molecular weight excluding hydrogens is 286 g/mol. The van der Waals surface area contributed by atoms with Gasteiger partial charge in [0.15, 0.2) is 0 Å². The van der Waals surface area contributed by atoms with E-state index in [1.165, 1.54) is 0 Å². The molecule has 116 valence electrons. The van der Waals surface area contributed by atoms with Crippen LogP contribution in [0.15, 0.2) is 29.2 Å². The molecule has 2 heterocycles. The van der Waals surface area contributed by atoms with E-state index in [1.807, 2.05) is 26.0 Å². The lowest BCUT2D eigenvalue weighted by Crippen LogP contribution is -2.61. The standard InChI is InChI=1S/C16H23NO3S/c1-11-5-7-12(8-6-11)21(18,19)17-16(4)14-10-9-13(20-14)15(16,2)3/h5-8,13-14,17H,9-10H2,1-4H3. The number of benzene rings is 1. The second-order valence-corrected chi connectivity index (χ2v) is 8.72. The summed E-state index contributed by atoms with van der Waals surface area (Å²) in [5, 5.41) is 0. The topological polar surface area (TPSA) is 55.4 Å². The van der Waals surface area contributed by atoms with Crippen molar-refractivity contribution in [2.75, 3.05) is 0 Å². The second-order valence-electron chi connectivity index (χ2n) is 7.03. The SMILES string of the molecule is Cc1ccc(S(=O)(=O)NC2(C)C3CCC(O3)C2(C)C)cc1. The zero-order valence-electron chi connectivity index (χ0n) is 13.0. The van der Waals surface area contributed by atoms with Crippen molar-refractivity contribution in [3.05, 3.63) is 29.8 Å². The molecule has 2 aliphatic heterocycles. The Morgan fingerprint density at radius 2 is 1.67 bits per heavy atom. The summed E-state index contributed by atoms with van der Waals surface area (Å²) in [5.74, 6) is 0. The molecule has 0 aromatic heterocycles. The predicted octanol–water partition coefficient (Wildman–Crippen LogP) is 2.62. The fraction of sp³-hybridized carbons (Fsp3) is 0.625. The van der Waals surface area contributed by atoms with Gasteiger partial charge in [-0.1, -0.05) is 31.5 Å². The minimum absolute atomic E-state index is 0.0438. The lowest BCUT2D eigenvalue weighted by Gasteiger charge is -2.44. The molecule has 2 saturated heterocycles. The van der Waals surface area contributed by atoms with Gasteiger partial charge < -0.3 is 4.74 Å². The van der Waals surface area contributed by atoms with E-state index >= 15 is 0 Å². The number of ether oxygens (including phenoxy) is 1. The van der Waals surface area contributed by atoms with Gasteiger partial charge in [0.2, 0.25) is 10.0 Å². The van der Waals surface area contributed by atoms with Gasteiger partial charge in [-0.15, -0.1) is 0 Å². The summed E-state index contributed by atoms with van der Waals surface area (Å²) in [6.45, 7) is 8.10. The molecule has 1 aromatic carbocycles. The van der Waals surface area contributed by atoms with Crippen LogP contribution in [-0.2, 0) is 14.8 Å². The lowest BCUT2D eigenvalue weighted by atomic mass is 9.65. The zero-order chi connectivity index (χ0) is 15.5. The van der Waals surface area contributed by atoms with E-state index in [0.717, 1.165) is 18.4 Å². The summed E-state index contributed by atoms with van der Waals surface area (Å²) in [5.41, 5.74) is 0.261. The Morgan fingerprint density at radius 1 is 1.10 bits per heavy atom. The number of hydrogen-bond donors (Lipinski definition) is 1. The third kappa shape index (κ3) is 2.14. The molecule has 3 rings (SSSR count). The highest BCUT2D eigenvalue weighted by molar-refractivity contribution is 7.89. The Kier molecular flexibility index (Phi) is 3.24. The smallest absolute Gasteiger partial charge is 0.241 e. The highest BCUT2D eigenvalue weighted by atomic mass is 32.2. The number of nitrogens with one attached hydrogen (secondary N) is 1. The molecule has 1 N–H and O–H groups in total. The van der Waals surface area contributed by atoms with Gasteiger partial charge >= 0.3 is 0 Å². The van der Waals surface area contributed by atoms with E-state index in [-0.39, 0.29) is 17.6 Å². The fourth-order valence-electron chi connectivity index (χ4n) is 3.59. The molecule has 0 saturated carbocycles. The maximum atomic E-state index is 12.7. The van der Waals surface area contributed by atoms with E-state index in [0.29, 0.717) is 4.90 Å². The van der Waals surface area contributed by atoms with Gasteiger partial charge in [-0.2, -0.15) is 0 Å². The number of hydrogen-bond acceptors (Lipinski definition) is 3. The molecule has 5 heteroatoms. The average Bonchev–Trinajstić information content (AvgIpc) is 2.93. The molecule has 21 heavy (non-hydrogen) atoms. The quantitative estimate of drug-likeness (QED) is 0.934. The highest BCUT2D eigenvalue weighted by Crippen LogP contribution is 2.54. The van der Waals surface area contributed by atoms with Crippen LogP contribution in [0.4, 0.5) is 0 Å². The molecule has 3 atom stereocenters. The summed E-state index contributed by atoms with van der Waals surface area (Å²) < 4.78 is 34.3. The first-order valence-corrected chi connectivity index (χ1v) is 8.91. The molecule has 2 bridgehead atoms. The largest absolute Gasteiger partial charge is 0.372 e. The predicted molar refractivity (Wildman–Crippen MR) is 81.6 cm³/mol. The minimum Gasteiger partial charge on any atom is -0.372 e. The molecular formula is C16H23NO3S. The van der Waals surface area contributed by atoms with E-state index in [1.54, 1.807) is 12.1 Å². The van der Waals surface area contributed by atoms with Crippen LogP contribution in [0.25, 0.3) is 0 Å². The number of fused-ring (bicyclic) bond motifs is 2. The lowest BCUT2D eigenvalue weighted by molar-refractivity contribution is 0.0735. The Morgan fingerprint density at radius 3 is 2.19 bits per heavy atom. The molecule has 4 nitrogen and oxygen atoms in total. The van der Waals surface area contributed by atoms with E-state index < -0.39 is 15.6 Å². The van der Waals surface area contributed by atoms with Gasteiger partial charge in [0, 0.05) is 5.41 Å². The Balaban J connectivity index is 1.94. The average molecular weight is 309 g/mol. The molecule has 0 amide bonds. The molecule has 2 aliphatic rings. The van der Waals surface area contributed by atoms with Crippen molar-refractivity contribution in [1.82, 2.24) is 4.72 Å². The highest BCUT2D eigenvalue weighted by Gasteiger charge is 2.63. The van der Waals surface area contributed by atoms with Gasteiger partial charge in [-0.3, -0.25) is 0 Å². The zero-order valence-corrected chi connectivity index (χ0v) is 13.8. The van der Waals surface area contributed by atoms with Crippen LogP contribution >= 0.6 is 0 Å². The van der Waals surface area contributed by atoms with Crippen LogP contribution in [0.1, 0.15) is 39.2 Å². The van der Waals surface area contributed by atoms with Gasteiger partial charge in [0.25, 0.3) is 0 Å². The van der Waals surface area contributed by atoms with E-state index in [9.17, 15) is 8.42 Å². The minimum atomic E-state index is -3.54. The van der Waals surface area contributed by atoms with Crippen molar-refractivity contribution in [1.29, 1.82) is 0 Å². The molecule has 0 spiro atoms. The Labute approximate surface area is 126 Å². The first kappa shape index (κ1) is 15.0. The van der Waals surface area contributed by atoms with Crippen molar-refractivity contribution in [3.8, 4) is 0 Å². The van der Waals surface area contributed by atoms with Crippen LogP contribution < -0.4 is 4.72 Å². The van der Waals surface area contributed by atoms with Crippen molar-refractivity contribution < 1.29 is 13.2 Å². The Bertz CT molecular complexity index is 651. The summed E-state index contributed by atoms with van der Waals surface area (Å²) in [4.78, 5) is 0.313. The van der Waals surface area contributed by atoms with E-state index in [2.05, 4.69) is 18.6 Å². The maximum Gasteiger partial charge on any atom is 0.241 e. The van der Waals surface area contributed by atoms with Gasteiger partial charge in [-0.25, -0.2) is 13.1 Å². The third-order valence-electron chi connectivity index (χ3n) is 5.48. The number of rotatable bonds is 3. The number of aryl methyl sites for hydroxylation is 1. The van der Waals surface area contributed by atoms with Crippen molar-refractivity contribution >= 4 is 10.0 Å². The van der Waals surface area contributed by atoms with Gasteiger partial charge in [0.1, 0.15) is 0 Å². The Hall–Kier alpha value is -0.910. The number of sulfonamides is 1. The van der Waals surface area contributed by atoms with Gasteiger partial charge in [0.05, 0.1) is 22.6 Å². The van der Waals surface area contributed by atoms with Crippen molar-refractivity contribution in [2.24, 2.45) is 5.41 Å². The van der Waals surface area contributed by atoms with Gasteiger partial charge in [-0.05, 0) is 38.8 Å². The fourth-order valence-corrected chi connectivity index (χ4v) is 5.16. The van der Waals surface area contributed by atoms with Crippen molar-refractivity contribution in [3.63, 3.8) is 0 Å². The first-order valence-electron chi connectivity index (χ1n) is 7.43. The summed E-state index contributed by atoms with van der Waals surface area (Å²) in [6, 6.07) is 6.95. The molecule has 0 radical (unpaired) electrons.